The second-order valence-corrected chi connectivity index (χ2v) is 3.71. The molecular formula is C13H15N. The SMILES string of the molecule is C=CC(C)n1ccc2c(C)cccc21. The summed E-state index contributed by atoms with van der Waals surface area (Å²) in [6.07, 6.45) is 4.09. The van der Waals surface area contributed by atoms with E-state index in [0.717, 1.165) is 0 Å². The number of rotatable bonds is 2. The van der Waals surface area contributed by atoms with Crippen LogP contribution >= 0.6 is 0 Å². The van der Waals surface area contributed by atoms with Gasteiger partial charge in [-0.1, -0.05) is 18.2 Å². The predicted molar refractivity (Wildman–Crippen MR) is 61.6 cm³/mol. The minimum atomic E-state index is 0.356. The highest BCUT2D eigenvalue weighted by atomic mass is 15.0. The Bertz CT molecular complexity index is 465. The van der Waals surface area contributed by atoms with Gasteiger partial charge in [-0.2, -0.15) is 0 Å². The van der Waals surface area contributed by atoms with Crippen LogP contribution in [0.1, 0.15) is 18.5 Å². The molecule has 72 valence electrons. The molecule has 0 aliphatic heterocycles. The lowest BCUT2D eigenvalue weighted by Gasteiger charge is -2.10. The molecule has 0 spiro atoms. The number of nitrogens with zero attached hydrogens (tertiary/aromatic N) is 1. The average Bonchev–Trinajstić information content (AvgIpc) is 2.62. The van der Waals surface area contributed by atoms with E-state index in [0.29, 0.717) is 6.04 Å². The fourth-order valence-electron chi connectivity index (χ4n) is 1.81. The summed E-state index contributed by atoms with van der Waals surface area (Å²) in [6.45, 7) is 8.12. The number of fused-ring (bicyclic) bond motifs is 1. The Morgan fingerprint density at radius 3 is 2.86 bits per heavy atom. The van der Waals surface area contributed by atoms with Crippen LogP contribution < -0.4 is 0 Å². The van der Waals surface area contributed by atoms with Crippen LogP contribution in [0, 0.1) is 6.92 Å². The molecule has 1 heteroatoms. The highest BCUT2D eigenvalue weighted by Crippen LogP contribution is 2.22. The van der Waals surface area contributed by atoms with Gasteiger partial charge in [0.15, 0.2) is 0 Å². The lowest BCUT2D eigenvalue weighted by atomic mass is 10.1. The monoisotopic (exact) mass is 185 g/mol. The van der Waals surface area contributed by atoms with Gasteiger partial charge in [-0.05, 0) is 31.5 Å². The number of aromatic nitrogens is 1. The number of hydrogen-bond acceptors (Lipinski definition) is 0. The molecule has 0 N–H and O–H groups in total. The summed E-state index contributed by atoms with van der Waals surface area (Å²) in [5.41, 5.74) is 2.62. The molecule has 0 fully saturated rings. The van der Waals surface area contributed by atoms with E-state index in [9.17, 15) is 0 Å². The van der Waals surface area contributed by atoms with Gasteiger partial charge in [0.05, 0.1) is 0 Å². The van der Waals surface area contributed by atoms with Crippen molar-refractivity contribution in [2.45, 2.75) is 19.9 Å². The van der Waals surface area contributed by atoms with Crippen LogP contribution in [0.25, 0.3) is 10.9 Å². The largest absolute Gasteiger partial charge is 0.341 e. The lowest BCUT2D eigenvalue weighted by molar-refractivity contribution is 0.689. The van der Waals surface area contributed by atoms with Crippen LogP contribution in [-0.2, 0) is 0 Å². The third-order valence-corrected chi connectivity index (χ3v) is 2.76. The van der Waals surface area contributed by atoms with Crippen molar-refractivity contribution in [1.82, 2.24) is 4.57 Å². The van der Waals surface area contributed by atoms with Gasteiger partial charge >= 0.3 is 0 Å². The zero-order valence-corrected chi connectivity index (χ0v) is 8.70. The van der Waals surface area contributed by atoms with Gasteiger partial charge in [0.2, 0.25) is 0 Å². The minimum absolute atomic E-state index is 0.356. The van der Waals surface area contributed by atoms with Crippen LogP contribution in [0.15, 0.2) is 43.1 Å². The first-order valence-corrected chi connectivity index (χ1v) is 4.92. The van der Waals surface area contributed by atoms with E-state index in [1.165, 1.54) is 16.5 Å². The van der Waals surface area contributed by atoms with Crippen molar-refractivity contribution in [1.29, 1.82) is 0 Å². The van der Waals surface area contributed by atoms with E-state index in [-0.39, 0.29) is 0 Å². The minimum Gasteiger partial charge on any atom is -0.341 e. The molecule has 0 saturated carbocycles. The van der Waals surface area contributed by atoms with Gasteiger partial charge in [-0.3, -0.25) is 0 Å². The molecular weight excluding hydrogens is 170 g/mol. The molecule has 0 saturated heterocycles. The maximum absolute atomic E-state index is 3.82. The smallest absolute Gasteiger partial charge is 0.0488 e. The fraction of sp³-hybridized carbons (Fsp3) is 0.231. The second-order valence-electron chi connectivity index (χ2n) is 3.71. The molecule has 1 aromatic heterocycles. The Balaban J connectivity index is 2.69. The molecule has 2 aromatic rings. The first-order valence-electron chi connectivity index (χ1n) is 4.92. The molecule has 1 aromatic carbocycles. The highest BCUT2D eigenvalue weighted by molar-refractivity contribution is 5.83. The van der Waals surface area contributed by atoms with Gasteiger partial charge in [0, 0.05) is 23.1 Å². The predicted octanol–water partition coefficient (Wildman–Crippen LogP) is 3.70. The van der Waals surface area contributed by atoms with E-state index in [4.69, 9.17) is 0 Å². The summed E-state index contributed by atoms with van der Waals surface area (Å²) >= 11 is 0. The van der Waals surface area contributed by atoms with Gasteiger partial charge in [-0.25, -0.2) is 0 Å². The van der Waals surface area contributed by atoms with Crippen molar-refractivity contribution in [2.24, 2.45) is 0 Å². The maximum Gasteiger partial charge on any atom is 0.0488 e. The normalized spacial score (nSPS) is 13.0. The lowest BCUT2D eigenvalue weighted by Crippen LogP contribution is -1.99. The summed E-state index contributed by atoms with van der Waals surface area (Å²) < 4.78 is 2.25. The van der Waals surface area contributed by atoms with E-state index in [1.54, 1.807) is 0 Å². The van der Waals surface area contributed by atoms with Gasteiger partial charge in [0.1, 0.15) is 0 Å². The van der Waals surface area contributed by atoms with Crippen molar-refractivity contribution in [2.75, 3.05) is 0 Å². The molecule has 1 heterocycles. The summed E-state index contributed by atoms with van der Waals surface area (Å²) in [4.78, 5) is 0. The molecule has 0 amide bonds. The van der Waals surface area contributed by atoms with Crippen LogP contribution in [0.2, 0.25) is 0 Å². The number of benzene rings is 1. The first kappa shape index (κ1) is 9.07. The summed E-state index contributed by atoms with van der Waals surface area (Å²) in [5.74, 6) is 0. The van der Waals surface area contributed by atoms with Crippen LogP contribution in [0.5, 0.6) is 0 Å². The van der Waals surface area contributed by atoms with Gasteiger partial charge in [0.25, 0.3) is 0 Å². The molecule has 14 heavy (non-hydrogen) atoms. The van der Waals surface area contributed by atoms with E-state index in [2.05, 4.69) is 55.5 Å². The number of allylic oxidation sites excluding steroid dienone is 1. The molecule has 0 aliphatic carbocycles. The van der Waals surface area contributed by atoms with Crippen molar-refractivity contribution in [3.05, 3.63) is 48.7 Å². The number of aryl methyl sites for hydroxylation is 1. The second kappa shape index (κ2) is 3.33. The first-order chi connectivity index (χ1) is 6.74. The van der Waals surface area contributed by atoms with Gasteiger partial charge < -0.3 is 4.57 Å². The Hall–Kier alpha value is -1.50. The average molecular weight is 185 g/mol. The Morgan fingerprint density at radius 1 is 1.36 bits per heavy atom. The standard InChI is InChI=1S/C13H15N/c1-4-11(3)14-9-8-12-10(2)6-5-7-13(12)14/h4-9,11H,1H2,2-3H3. The van der Waals surface area contributed by atoms with Crippen LogP contribution in [0.3, 0.4) is 0 Å². The van der Waals surface area contributed by atoms with Crippen molar-refractivity contribution in [3.8, 4) is 0 Å². The molecule has 0 aliphatic rings. The molecule has 0 bridgehead atoms. The third kappa shape index (κ3) is 1.25. The molecule has 1 unspecified atom stereocenters. The summed E-state index contributed by atoms with van der Waals surface area (Å²) in [6, 6.07) is 8.93. The summed E-state index contributed by atoms with van der Waals surface area (Å²) in [5, 5.41) is 1.33. The number of hydrogen-bond donors (Lipinski definition) is 0. The molecule has 2 rings (SSSR count). The molecule has 0 radical (unpaired) electrons. The van der Waals surface area contributed by atoms with Crippen molar-refractivity contribution < 1.29 is 0 Å². The fourth-order valence-corrected chi connectivity index (χ4v) is 1.81. The van der Waals surface area contributed by atoms with E-state index >= 15 is 0 Å². The van der Waals surface area contributed by atoms with E-state index in [1.807, 2.05) is 6.08 Å². The Morgan fingerprint density at radius 2 is 2.14 bits per heavy atom. The summed E-state index contributed by atoms with van der Waals surface area (Å²) in [7, 11) is 0. The molecule has 1 nitrogen and oxygen atoms in total. The Labute approximate surface area is 84.7 Å². The van der Waals surface area contributed by atoms with Crippen molar-refractivity contribution >= 4 is 10.9 Å². The molecule has 1 atom stereocenters. The zero-order chi connectivity index (χ0) is 10.1. The maximum atomic E-state index is 3.82. The third-order valence-electron chi connectivity index (χ3n) is 2.76. The highest BCUT2D eigenvalue weighted by Gasteiger charge is 2.05. The Kier molecular flexibility index (Phi) is 2.16. The quantitative estimate of drug-likeness (QED) is 0.629. The van der Waals surface area contributed by atoms with Crippen molar-refractivity contribution in [3.63, 3.8) is 0 Å². The van der Waals surface area contributed by atoms with Crippen LogP contribution in [0.4, 0.5) is 0 Å². The van der Waals surface area contributed by atoms with Gasteiger partial charge in [-0.15, -0.1) is 6.58 Å². The topological polar surface area (TPSA) is 4.93 Å². The van der Waals surface area contributed by atoms with E-state index < -0.39 is 0 Å². The van der Waals surface area contributed by atoms with Crippen LogP contribution in [-0.4, -0.2) is 4.57 Å². The zero-order valence-electron chi connectivity index (χ0n) is 8.70.